The molecule has 0 radical (unpaired) electrons. The van der Waals surface area contributed by atoms with Gasteiger partial charge in [0.2, 0.25) is 0 Å². The van der Waals surface area contributed by atoms with Crippen molar-refractivity contribution in [2.45, 2.75) is 0 Å². The van der Waals surface area contributed by atoms with E-state index in [-0.39, 0.29) is 0 Å². The molecule has 2 aromatic carbocycles. The van der Waals surface area contributed by atoms with Crippen molar-refractivity contribution in [3.8, 4) is 11.3 Å². The summed E-state index contributed by atoms with van der Waals surface area (Å²) in [6.45, 7) is 0. The molecular formula is C14H10N2. The molecule has 1 heterocycles. The summed E-state index contributed by atoms with van der Waals surface area (Å²) in [7, 11) is 0. The smallest absolute Gasteiger partial charge is 0.0894 e. The lowest BCUT2D eigenvalue weighted by atomic mass is 10.1. The Balaban J connectivity index is 2.19. The van der Waals surface area contributed by atoms with Crippen LogP contribution in [0.25, 0.3) is 22.3 Å². The maximum absolute atomic E-state index is 4.58. The Hall–Kier alpha value is -2.22. The molecule has 0 fully saturated rings. The first-order valence-corrected chi connectivity index (χ1v) is 5.21. The van der Waals surface area contributed by atoms with E-state index in [2.05, 4.69) is 9.97 Å². The van der Waals surface area contributed by atoms with Gasteiger partial charge in [0.1, 0.15) is 0 Å². The molecule has 0 N–H and O–H groups in total. The Labute approximate surface area is 93.6 Å². The van der Waals surface area contributed by atoms with Crippen molar-refractivity contribution in [2.75, 3.05) is 0 Å². The van der Waals surface area contributed by atoms with Crippen LogP contribution in [-0.4, -0.2) is 9.97 Å². The molecule has 76 valence electrons. The molecule has 0 aliphatic heterocycles. The summed E-state index contributed by atoms with van der Waals surface area (Å²) in [4.78, 5) is 8.98. The van der Waals surface area contributed by atoms with Crippen molar-refractivity contribution in [1.82, 2.24) is 9.97 Å². The second kappa shape index (κ2) is 3.74. The molecule has 3 aromatic rings. The second-order valence-electron chi connectivity index (χ2n) is 3.61. The van der Waals surface area contributed by atoms with Gasteiger partial charge in [-0.05, 0) is 12.1 Å². The van der Waals surface area contributed by atoms with E-state index in [1.54, 1.807) is 0 Å². The number of nitrogens with zero attached hydrogens (tertiary/aromatic N) is 2. The third-order valence-corrected chi connectivity index (χ3v) is 2.52. The van der Waals surface area contributed by atoms with Gasteiger partial charge in [0.15, 0.2) is 0 Å². The fourth-order valence-corrected chi connectivity index (χ4v) is 1.71. The Morgan fingerprint density at radius 2 is 1.38 bits per heavy atom. The van der Waals surface area contributed by atoms with Crippen molar-refractivity contribution in [1.29, 1.82) is 0 Å². The normalized spacial score (nSPS) is 10.5. The lowest BCUT2D eigenvalue weighted by Crippen LogP contribution is -1.87. The van der Waals surface area contributed by atoms with Crippen molar-refractivity contribution >= 4 is 11.0 Å². The molecule has 0 saturated carbocycles. The minimum Gasteiger partial charge on any atom is -0.252 e. The maximum Gasteiger partial charge on any atom is 0.0894 e. The van der Waals surface area contributed by atoms with E-state index in [4.69, 9.17) is 0 Å². The highest BCUT2D eigenvalue weighted by molar-refractivity contribution is 5.76. The third kappa shape index (κ3) is 1.54. The molecule has 16 heavy (non-hydrogen) atoms. The van der Waals surface area contributed by atoms with Gasteiger partial charge in [0.05, 0.1) is 22.9 Å². The van der Waals surface area contributed by atoms with Crippen LogP contribution >= 0.6 is 0 Å². The second-order valence-corrected chi connectivity index (χ2v) is 3.61. The molecule has 3 rings (SSSR count). The number of para-hydroxylation sites is 2. The molecule has 0 aliphatic carbocycles. The Morgan fingerprint density at radius 1 is 0.688 bits per heavy atom. The quantitative estimate of drug-likeness (QED) is 0.610. The van der Waals surface area contributed by atoms with Gasteiger partial charge in [-0.3, -0.25) is 4.98 Å². The van der Waals surface area contributed by atoms with Crippen LogP contribution in [0.1, 0.15) is 0 Å². The Kier molecular flexibility index (Phi) is 2.11. The zero-order valence-electron chi connectivity index (χ0n) is 8.67. The van der Waals surface area contributed by atoms with Crippen LogP contribution < -0.4 is 0 Å². The number of aromatic nitrogens is 2. The summed E-state index contributed by atoms with van der Waals surface area (Å²) in [5, 5.41) is 0. The highest BCUT2D eigenvalue weighted by Gasteiger charge is 2.00. The van der Waals surface area contributed by atoms with Crippen LogP contribution in [0.15, 0.2) is 60.8 Å². The first-order chi connectivity index (χ1) is 7.93. The van der Waals surface area contributed by atoms with E-state index in [0.29, 0.717) is 0 Å². The Bertz CT molecular complexity index is 618. The SMILES string of the molecule is c1ccc(-c2cnc3ccccc3n2)cc1. The van der Waals surface area contributed by atoms with Gasteiger partial charge < -0.3 is 0 Å². The zero-order valence-corrected chi connectivity index (χ0v) is 8.67. The average molecular weight is 206 g/mol. The minimum absolute atomic E-state index is 0.916. The van der Waals surface area contributed by atoms with Gasteiger partial charge in [-0.15, -0.1) is 0 Å². The van der Waals surface area contributed by atoms with Crippen molar-refractivity contribution in [3.63, 3.8) is 0 Å². The number of rotatable bonds is 1. The molecule has 0 amide bonds. The zero-order chi connectivity index (χ0) is 10.8. The topological polar surface area (TPSA) is 25.8 Å². The lowest BCUT2D eigenvalue weighted by Gasteiger charge is -2.01. The largest absolute Gasteiger partial charge is 0.252 e. The average Bonchev–Trinajstić information content (AvgIpc) is 2.39. The van der Waals surface area contributed by atoms with E-state index in [1.165, 1.54) is 0 Å². The first kappa shape index (κ1) is 9.04. The summed E-state index contributed by atoms with van der Waals surface area (Å²) in [5.41, 5.74) is 3.88. The van der Waals surface area contributed by atoms with Gasteiger partial charge in [-0.1, -0.05) is 42.5 Å². The standard InChI is InChI=1S/C14H10N2/c1-2-6-11(7-3-1)14-10-15-12-8-4-5-9-13(12)16-14/h1-10H. The monoisotopic (exact) mass is 206 g/mol. The molecule has 0 unspecified atom stereocenters. The highest BCUT2D eigenvalue weighted by Crippen LogP contribution is 2.18. The summed E-state index contributed by atoms with van der Waals surface area (Å²) >= 11 is 0. The number of benzene rings is 2. The molecule has 2 heteroatoms. The van der Waals surface area contributed by atoms with Crippen LogP contribution in [0.3, 0.4) is 0 Å². The molecule has 0 aliphatic rings. The highest BCUT2D eigenvalue weighted by atomic mass is 14.8. The number of fused-ring (bicyclic) bond motifs is 1. The van der Waals surface area contributed by atoms with Crippen LogP contribution in [0, 0.1) is 0 Å². The van der Waals surface area contributed by atoms with Crippen molar-refractivity contribution < 1.29 is 0 Å². The molecule has 0 spiro atoms. The van der Waals surface area contributed by atoms with Crippen LogP contribution in [0.5, 0.6) is 0 Å². The van der Waals surface area contributed by atoms with E-state index in [0.717, 1.165) is 22.3 Å². The van der Waals surface area contributed by atoms with E-state index < -0.39 is 0 Å². The Morgan fingerprint density at radius 3 is 2.19 bits per heavy atom. The van der Waals surface area contributed by atoms with E-state index in [9.17, 15) is 0 Å². The molecule has 0 saturated heterocycles. The molecule has 2 nitrogen and oxygen atoms in total. The summed E-state index contributed by atoms with van der Waals surface area (Å²) in [6.07, 6.45) is 1.82. The molecule has 0 atom stereocenters. The maximum atomic E-state index is 4.58. The third-order valence-electron chi connectivity index (χ3n) is 2.52. The number of hydrogen-bond acceptors (Lipinski definition) is 2. The van der Waals surface area contributed by atoms with Gasteiger partial charge in [0, 0.05) is 5.56 Å². The van der Waals surface area contributed by atoms with Crippen LogP contribution in [0.2, 0.25) is 0 Å². The fraction of sp³-hybridized carbons (Fsp3) is 0. The van der Waals surface area contributed by atoms with Gasteiger partial charge in [-0.25, -0.2) is 4.98 Å². The van der Waals surface area contributed by atoms with E-state index in [1.807, 2.05) is 60.8 Å². The lowest BCUT2D eigenvalue weighted by molar-refractivity contribution is 1.29. The minimum atomic E-state index is 0.916. The summed E-state index contributed by atoms with van der Waals surface area (Å²) in [5.74, 6) is 0. The van der Waals surface area contributed by atoms with Gasteiger partial charge in [0.25, 0.3) is 0 Å². The molecule has 1 aromatic heterocycles. The first-order valence-electron chi connectivity index (χ1n) is 5.21. The van der Waals surface area contributed by atoms with Crippen molar-refractivity contribution in [3.05, 3.63) is 60.8 Å². The van der Waals surface area contributed by atoms with Crippen LogP contribution in [-0.2, 0) is 0 Å². The molecule has 0 bridgehead atoms. The summed E-state index contributed by atoms with van der Waals surface area (Å²) < 4.78 is 0. The fourth-order valence-electron chi connectivity index (χ4n) is 1.71. The van der Waals surface area contributed by atoms with Crippen molar-refractivity contribution in [2.24, 2.45) is 0 Å². The van der Waals surface area contributed by atoms with E-state index >= 15 is 0 Å². The summed E-state index contributed by atoms with van der Waals surface area (Å²) in [6, 6.07) is 18.0. The van der Waals surface area contributed by atoms with Gasteiger partial charge in [-0.2, -0.15) is 0 Å². The predicted molar refractivity (Wildman–Crippen MR) is 65.0 cm³/mol. The predicted octanol–water partition coefficient (Wildman–Crippen LogP) is 3.30. The van der Waals surface area contributed by atoms with Gasteiger partial charge >= 0.3 is 0 Å². The van der Waals surface area contributed by atoms with Crippen LogP contribution in [0.4, 0.5) is 0 Å². The number of hydrogen-bond donors (Lipinski definition) is 0. The molecular weight excluding hydrogens is 196 g/mol.